The molecule has 2 N–H and O–H groups in total. The number of nitrogens with one attached hydrogen (secondary N) is 2. The van der Waals surface area contributed by atoms with Crippen LogP contribution in [0.1, 0.15) is 12.0 Å². The number of aryl methyl sites for hydroxylation is 2. The fourth-order valence-corrected chi connectivity index (χ4v) is 3.61. The van der Waals surface area contributed by atoms with E-state index in [4.69, 9.17) is 4.74 Å². The van der Waals surface area contributed by atoms with Crippen molar-refractivity contribution in [3.8, 4) is 28.5 Å². The Morgan fingerprint density at radius 2 is 1.97 bits per heavy atom. The molecule has 170 valence electrons. The molecule has 0 amide bonds. The van der Waals surface area contributed by atoms with E-state index in [0.717, 1.165) is 47.2 Å². The molecule has 0 aliphatic heterocycles. The minimum Gasteiger partial charge on any atom is -0.493 e. The van der Waals surface area contributed by atoms with E-state index in [2.05, 4.69) is 49.3 Å². The zero-order chi connectivity index (χ0) is 23.2. The lowest BCUT2D eigenvalue weighted by Gasteiger charge is -2.10. The molecule has 3 heterocycles. The number of ether oxygens (including phenoxy) is 1. The molecule has 0 spiro atoms. The van der Waals surface area contributed by atoms with Gasteiger partial charge >= 0.3 is 0 Å². The molecule has 0 fully saturated rings. The minimum absolute atomic E-state index is 0.501. The average Bonchev–Trinajstić information content (AvgIpc) is 3.55. The van der Waals surface area contributed by atoms with E-state index in [9.17, 15) is 0 Å². The van der Waals surface area contributed by atoms with E-state index in [1.54, 1.807) is 18.6 Å². The molecule has 34 heavy (non-hydrogen) atoms. The zero-order valence-electron chi connectivity index (χ0n) is 18.8. The van der Waals surface area contributed by atoms with Gasteiger partial charge in [-0.1, -0.05) is 29.8 Å². The number of imidazole rings is 2. The van der Waals surface area contributed by atoms with Crippen LogP contribution in [0.4, 0.5) is 11.6 Å². The molecule has 0 atom stereocenters. The van der Waals surface area contributed by atoms with Crippen molar-refractivity contribution in [2.45, 2.75) is 19.9 Å². The SMILES string of the molecule is Cc1cccc(-c2ncc(-c3ccnc(Nc4cccc(OCCCn5ccnc5)c4)n3)[nH]2)c1. The fraction of sp³-hybridized carbons (Fsp3) is 0.154. The average molecular weight is 452 g/mol. The second kappa shape index (κ2) is 9.99. The van der Waals surface area contributed by atoms with Crippen molar-refractivity contribution in [3.05, 3.63) is 91.3 Å². The van der Waals surface area contributed by atoms with Gasteiger partial charge in [0.2, 0.25) is 5.95 Å². The van der Waals surface area contributed by atoms with E-state index in [0.29, 0.717) is 12.6 Å². The molecule has 5 rings (SSSR count). The smallest absolute Gasteiger partial charge is 0.227 e. The van der Waals surface area contributed by atoms with Gasteiger partial charge < -0.3 is 19.6 Å². The van der Waals surface area contributed by atoms with Gasteiger partial charge in [-0.2, -0.15) is 0 Å². The van der Waals surface area contributed by atoms with Crippen molar-refractivity contribution in [3.63, 3.8) is 0 Å². The van der Waals surface area contributed by atoms with Gasteiger partial charge in [-0.05, 0) is 37.6 Å². The summed E-state index contributed by atoms with van der Waals surface area (Å²) in [5, 5.41) is 3.26. The van der Waals surface area contributed by atoms with Crippen LogP contribution in [-0.4, -0.2) is 36.1 Å². The highest BCUT2D eigenvalue weighted by molar-refractivity contribution is 5.64. The van der Waals surface area contributed by atoms with E-state index in [1.807, 2.05) is 59.6 Å². The Morgan fingerprint density at radius 1 is 1.03 bits per heavy atom. The number of H-pyrrole nitrogens is 1. The largest absolute Gasteiger partial charge is 0.493 e. The molecule has 8 heteroatoms. The van der Waals surface area contributed by atoms with Gasteiger partial charge in [0, 0.05) is 42.5 Å². The second-order valence-corrected chi connectivity index (χ2v) is 7.94. The van der Waals surface area contributed by atoms with Crippen LogP contribution in [-0.2, 0) is 6.54 Å². The Balaban J connectivity index is 1.23. The lowest BCUT2D eigenvalue weighted by Crippen LogP contribution is -2.03. The van der Waals surface area contributed by atoms with Gasteiger partial charge in [-0.3, -0.25) is 0 Å². The summed E-state index contributed by atoms with van der Waals surface area (Å²) in [6, 6.07) is 17.9. The molecule has 0 unspecified atom stereocenters. The number of anilines is 2. The summed E-state index contributed by atoms with van der Waals surface area (Å²) in [6.07, 6.45) is 9.96. The monoisotopic (exact) mass is 451 g/mol. The number of benzene rings is 2. The molecular formula is C26H25N7O. The van der Waals surface area contributed by atoms with Crippen LogP contribution in [0.25, 0.3) is 22.8 Å². The Bertz CT molecular complexity index is 1360. The predicted molar refractivity (Wildman–Crippen MR) is 132 cm³/mol. The van der Waals surface area contributed by atoms with Crippen LogP contribution in [0.2, 0.25) is 0 Å². The van der Waals surface area contributed by atoms with Gasteiger partial charge in [0.1, 0.15) is 11.6 Å². The van der Waals surface area contributed by atoms with Crippen molar-refractivity contribution < 1.29 is 4.74 Å². The lowest BCUT2D eigenvalue weighted by molar-refractivity contribution is 0.302. The highest BCUT2D eigenvalue weighted by Gasteiger charge is 2.09. The maximum absolute atomic E-state index is 5.90. The van der Waals surface area contributed by atoms with Gasteiger partial charge in [0.25, 0.3) is 0 Å². The Hall–Kier alpha value is -4.46. The molecule has 0 saturated heterocycles. The highest BCUT2D eigenvalue weighted by Crippen LogP contribution is 2.24. The first-order valence-electron chi connectivity index (χ1n) is 11.1. The molecule has 0 aliphatic rings. The van der Waals surface area contributed by atoms with Crippen LogP contribution in [0.15, 0.2) is 85.7 Å². The van der Waals surface area contributed by atoms with Crippen molar-refractivity contribution in [1.29, 1.82) is 0 Å². The van der Waals surface area contributed by atoms with E-state index in [-0.39, 0.29) is 0 Å². The normalized spacial score (nSPS) is 10.9. The van der Waals surface area contributed by atoms with E-state index < -0.39 is 0 Å². The van der Waals surface area contributed by atoms with Crippen molar-refractivity contribution >= 4 is 11.6 Å². The first-order chi connectivity index (χ1) is 16.7. The lowest BCUT2D eigenvalue weighted by atomic mass is 10.1. The number of rotatable bonds is 9. The topological polar surface area (TPSA) is 93.5 Å². The molecule has 5 aromatic rings. The van der Waals surface area contributed by atoms with Crippen LogP contribution in [0.5, 0.6) is 5.75 Å². The summed E-state index contributed by atoms with van der Waals surface area (Å²) in [6.45, 7) is 3.56. The van der Waals surface area contributed by atoms with Gasteiger partial charge in [0.05, 0.1) is 30.5 Å². The standard InChI is InChI=1S/C26H25N7O/c1-19-5-2-6-20(15-19)25-29-17-24(31-25)23-9-10-28-26(32-23)30-21-7-3-8-22(16-21)34-14-4-12-33-13-11-27-18-33/h2-3,5-11,13,15-18H,4,12,14H2,1H3,(H,29,31)(H,28,30,32). The maximum atomic E-state index is 5.90. The first kappa shape index (κ1) is 21.4. The summed E-state index contributed by atoms with van der Waals surface area (Å²) in [7, 11) is 0. The maximum Gasteiger partial charge on any atom is 0.227 e. The third-order valence-electron chi connectivity index (χ3n) is 5.28. The van der Waals surface area contributed by atoms with Gasteiger partial charge in [-0.15, -0.1) is 0 Å². The summed E-state index contributed by atoms with van der Waals surface area (Å²) in [4.78, 5) is 20.9. The number of aromatic amines is 1. The minimum atomic E-state index is 0.501. The number of nitrogens with zero attached hydrogens (tertiary/aromatic N) is 5. The number of aromatic nitrogens is 6. The summed E-state index contributed by atoms with van der Waals surface area (Å²) in [5.41, 5.74) is 4.68. The van der Waals surface area contributed by atoms with Crippen molar-refractivity contribution in [1.82, 2.24) is 29.5 Å². The molecule has 0 saturated carbocycles. The molecule has 0 aliphatic carbocycles. The number of hydrogen-bond donors (Lipinski definition) is 2. The Kier molecular flexibility index (Phi) is 6.29. The first-order valence-corrected chi connectivity index (χ1v) is 11.1. The number of hydrogen-bond acceptors (Lipinski definition) is 6. The summed E-state index contributed by atoms with van der Waals surface area (Å²) in [5.74, 6) is 2.11. The summed E-state index contributed by atoms with van der Waals surface area (Å²) >= 11 is 0. The van der Waals surface area contributed by atoms with E-state index >= 15 is 0 Å². The Labute approximate surface area is 197 Å². The molecule has 2 aromatic carbocycles. The third kappa shape index (κ3) is 5.29. The van der Waals surface area contributed by atoms with Crippen LogP contribution >= 0.6 is 0 Å². The molecule has 3 aromatic heterocycles. The molecule has 0 radical (unpaired) electrons. The Morgan fingerprint density at radius 3 is 2.85 bits per heavy atom. The summed E-state index contributed by atoms with van der Waals surface area (Å²) < 4.78 is 7.94. The molecular weight excluding hydrogens is 426 g/mol. The van der Waals surface area contributed by atoms with Crippen molar-refractivity contribution in [2.75, 3.05) is 11.9 Å². The quantitative estimate of drug-likeness (QED) is 0.297. The highest BCUT2D eigenvalue weighted by atomic mass is 16.5. The molecule has 0 bridgehead atoms. The van der Waals surface area contributed by atoms with Gasteiger partial charge in [0.15, 0.2) is 0 Å². The van der Waals surface area contributed by atoms with Crippen LogP contribution in [0.3, 0.4) is 0 Å². The predicted octanol–water partition coefficient (Wildman–Crippen LogP) is 5.25. The van der Waals surface area contributed by atoms with Crippen LogP contribution in [0, 0.1) is 6.92 Å². The molecule has 8 nitrogen and oxygen atoms in total. The zero-order valence-corrected chi connectivity index (χ0v) is 18.8. The fourth-order valence-electron chi connectivity index (χ4n) is 3.61. The van der Waals surface area contributed by atoms with E-state index in [1.165, 1.54) is 5.56 Å². The third-order valence-corrected chi connectivity index (χ3v) is 5.28. The van der Waals surface area contributed by atoms with Gasteiger partial charge in [-0.25, -0.2) is 19.9 Å². The van der Waals surface area contributed by atoms with Crippen LogP contribution < -0.4 is 10.1 Å². The second-order valence-electron chi connectivity index (χ2n) is 7.94. The van der Waals surface area contributed by atoms with Crippen molar-refractivity contribution in [2.24, 2.45) is 0 Å².